The summed E-state index contributed by atoms with van der Waals surface area (Å²) in [6.45, 7) is 3.76. The molecule has 6 nitrogen and oxygen atoms in total. The van der Waals surface area contributed by atoms with Crippen molar-refractivity contribution in [2.45, 2.75) is 25.3 Å². The first-order chi connectivity index (χ1) is 11.1. The van der Waals surface area contributed by atoms with Crippen LogP contribution < -0.4 is 0 Å². The number of piperidine rings is 1. The molecule has 1 spiro atoms. The molecule has 2 fully saturated rings. The lowest BCUT2D eigenvalue weighted by molar-refractivity contribution is -0.187. The number of likely N-dealkylation sites (tertiary alicyclic amines) is 1. The van der Waals surface area contributed by atoms with Crippen LogP contribution in [0.15, 0.2) is 12.3 Å². The zero-order valence-corrected chi connectivity index (χ0v) is 14.7. The van der Waals surface area contributed by atoms with Gasteiger partial charge in [0.1, 0.15) is 0 Å². The van der Waals surface area contributed by atoms with Crippen LogP contribution in [0, 0.1) is 4.77 Å². The van der Waals surface area contributed by atoms with E-state index in [9.17, 15) is 0 Å². The highest BCUT2D eigenvalue weighted by Crippen LogP contribution is 2.31. The minimum atomic E-state index is -0.367. The maximum Gasteiger partial charge on any atom is 0.203 e. The molecule has 4 heterocycles. The lowest BCUT2D eigenvalue weighted by atomic mass is 10.0. The van der Waals surface area contributed by atoms with Crippen LogP contribution in [0.4, 0.5) is 0 Å². The lowest BCUT2D eigenvalue weighted by Gasteiger charge is -2.37. The van der Waals surface area contributed by atoms with Gasteiger partial charge in [-0.3, -0.25) is 9.30 Å². The Morgan fingerprint density at radius 3 is 2.61 bits per heavy atom. The standard InChI is InChI=1S/C14H16Cl2N4O2S/c15-10-7-11(16)12-17-20(13(23)19(12)8-10)9-18-3-1-14(2-4-18)21-5-6-22-14/h7-8H,1-6,9H2. The number of aromatic nitrogens is 3. The summed E-state index contributed by atoms with van der Waals surface area (Å²) in [4.78, 5) is 2.29. The van der Waals surface area contributed by atoms with Crippen LogP contribution in [0.1, 0.15) is 12.8 Å². The monoisotopic (exact) mass is 374 g/mol. The molecule has 0 aromatic carbocycles. The Kier molecular flexibility index (Phi) is 4.11. The first kappa shape index (κ1) is 15.8. The fourth-order valence-electron chi connectivity index (χ4n) is 3.15. The molecule has 0 bridgehead atoms. The molecular formula is C14H16Cl2N4O2S. The van der Waals surface area contributed by atoms with Crippen molar-refractivity contribution in [2.75, 3.05) is 26.3 Å². The maximum absolute atomic E-state index is 6.20. The van der Waals surface area contributed by atoms with Gasteiger partial charge in [0, 0.05) is 32.1 Å². The van der Waals surface area contributed by atoms with Crippen LogP contribution in [0.3, 0.4) is 0 Å². The first-order valence-electron chi connectivity index (χ1n) is 7.51. The number of halogens is 2. The van der Waals surface area contributed by atoms with Gasteiger partial charge < -0.3 is 9.47 Å². The van der Waals surface area contributed by atoms with Gasteiger partial charge in [0.05, 0.1) is 29.9 Å². The van der Waals surface area contributed by atoms with Crippen LogP contribution in [0.25, 0.3) is 5.65 Å². The van der Waals surface area contributed by atoms with E-state index in [-0.39, 0.29) is 5.79 Å². The third kappa shape index (κ3) is 2.90. The van der Waals surface area contributed by atoms with Gasteiger partial charge in [0.2, 0.25) is 4.77 Å². The topological polar surface area (TPSA) is 43.9 Å². The second-order valence-electron chi connectivity index (χ2n) is 5.85. The van der Waals surface area contributed by atoms with Crippen LogP contribution >= 0.6 is 35.4 Å². The predicted molar refractivity (Wildman–Crippen MR) is 89.5 cm³/mol. The Hall–Kier alpha value is -0.700. The van der Waals surface area contributed by atoms with Crippen molar-refractivity contribution >= 4 is 41.1 Å². The van der Waals surface area contributed by atoms with Gasteiger partial charge in [0.25, 0.3) is 0 Å². The molecule has 124 valence electrons. The molecule has 9 heteroatoms. The van der Waals surface area contributed by atoms with Crippen molar-refractivity contribution in [3.63, 3.8) is 0 Å². The summed E-state index contributed by atoms with van der Waals surface area (Å²) in [7, 11) is 0. The molecule has 4 rings (SSSR count). The molecule has 0 radical (unpaired) electrons. The van der Waals surface area contributed by atoms with Crippen molar-refractivity contribution in [1.82, 2.24) is 19.1 Å². The van der Waals surface area contributed by atoms with Crippen molar-refractivity contribution in [3.05, 3.63) is 27.1 Å². The Labute approximate surface area is 148 Å². The van der Waals surface area contributed by atoms with Gasteiger partial charge in [-0.1, -0.05) is 23.2 Å². The molecule has 0 saturated carbocycles. The van der Waals surface area contributed by atoms with Crippen LogP contribution in [-0.2, 0) is 16.1 Å². The van der Waals surface area contributed by atoms with E-state index in [2.05, 4.69) is 10.00 Å². The normalized spacial score (nSPS) is 21.5. The second-order valence-corrected chi connectivity index (χ2v) is 7.06. The summed E-state index contributed by atoms with van der Waals surface area (Å²) in [6.07, 6.45) is 3.46. The van der Waals surface area contributed by atoms with Crippen LogP contribution in [0.5, 0.6) is 0 Å². The molecular weight excluding hydrogens is 359 g/mol. The Morgan fingerprint density at radius 2 is 1.91 bits per heavy atom. The highest BCUT2D eigenvalue weighted by molar-refractivity contribution is 7.71. The molecule has 23 heavy (non-hydrogen) atoms. The number of rotatable bonds is 2. The molecule has 2 aliphatic rings. The highest BCUT2D eigenvalue weighted by atomic mass is 35.5. The minimum absolute atomic E-state index is 0.367. The molecule has 0 unspecified atom stereocenters. The predicted octanol–water partition coefficient (Wildman–Crippen LogP) is 2.97. The Balaban J connectivity index is 1.53. The number of hydrogen-bond donors (Lipinski definition) is 0. The van der Waals surface area contributed by atoms with Crippen LogP contribution in [0.2, 0.25) is 10.0 Å². The van der Waals surface area contributed by atoms with Crippen molar-refractivity contribution in [1.29, 1.82) is 0 Å². The van der Waals surface area contributed by atoms with E-state index in [1.165, 1.54) is 0 Å². The summed E-state index contributed by atoms with van der Waals surface area (Å²) in [5.74, 6) is -0.367. The third-order valence-corrected chi connectivity index (χ3v) is 5.26. The summed E-state index contributed by atoms with van der Waals surface area (Å²) in [6, 6.07) is 1.67. The van der Waals surface area contributed by atoms with E-state index < -0.39 is 0 Å². The molecule has 2 saturated heterocycles. The fraction of sp³-hybridized carbons (Fsp3) is 0.571. The highest BCUT2D eigenvalue weighted by Gasteiger charge is 2.39. The van der Waals surface area contributed by atoms with Crippen molar-refractivity contribution in [2.24, 2.45) is 0 Å². The van der Waals surface area contributed by atoms with E-state index in [0.717, 1.165) is 25.9 Å². The van der Waals surface area contributed by atoms with Gasteiger partial charge in [0.15, 0.2) is 11.4 Å². The Morgan fingerprint density at radius 1 is 1.22 bits per heavy atom. The third-order valence-electron chi connectivity index (χ3n) is 4.37. The fourth-order valence-corrected chi connectivity index (χ4v) is 3.89. The van der Waals surface area contributed by atoms with E-state index in [4.69, 9.17) is 44.9 Å². The molecule has 2 aromatic rings. The van der Waals surface area contributed by atoms with Crippen LogP contribution in [-0.4, -0.2) is 51.2 Å². The number of ether oxygens (including phenoxy) is 2. The van der Waals surface area contributed by atoms with Gasteiger partial charge in [-0.2, -0.15) is 0 Å². The smallest absolute Gasteiger partial charge is 0.203 e. The quantitative estimate of drug-likeness (QED) is 0.756. The Bertz CT molecular complexity index is 790. The number of nitrogens with zero attached hydrogens (tertiary/aromatic N) is 4. The summed E-state index contributed by atoms with van der Waals surface area (Å²) >= 11 is 17.7. The van der Waals surface area contributed by atoms with Crippen molar-refractivity contribution < 1.29 is 9.47 Å². The van der Waals surface area contributed by atoms with E-state index in [0.29, 0.717) is 40.3 Å². The van der Waals surface area contributed by atoms with E-state index in [1.807, 2.05) is 0 Å². The lowest BCUT2D eigenvalue weighted by Crippen LogP contribution is -2.45. The molecule has 2 aromatic heterocycles. The molecule has 0 N–H and O–H groups in total. The summed E-state index contributed by atoms with van der Waals surface area (Å²) < 4.78 is 15.6. The summed E-state index contributed by atoms with van der Waals surface area (Å²) in [5.41, 5.74) is 0.622. The molecule has 0 atom stereocenters. The average molecular weight is 375 g/mol. The largest absolute Gasteiger partial charge is 0.347 e. The number of hydrogen-bond acceptors (Lipinski definition) is 5. The first-order valence-corrected chi connectivity index (χ1v) is 8.67. The molecule has 2 aliphatic heterocycles. The zero-order valence-electron chi connectivity index (χ0n) is 12.4. The number of pyridine rings is 1. The SMILES string of the molecule is S=c1n(CN2CCC3(CC2)OCCO3)nc2c(Cl)cc(Cl)cn12. The van der Waals surface area contributed by atoms with Gasteiger partial charge >= 0.3 is 0 Å². The number of fused-ring (bicyclic) bond motifs is 1. The minimum Gasteiger partial charge on any atom is -0.347 e. The van der Waals surface area contributed by atoms with Gasteiger partial charge in [-0.25, -0.2) is 4.68 Å². The van der Waals surface area contributed by atoms with Crippen molar-refractivity contribution in [3.8, 4) is 0 Å². The second kappa shape index (κ2) is 5.98. The molecule has 0 amide bonds. The van der Waals surface area contributed by atoms with Gasteiger partial charge in [-0.15, -0.1) is 5.10 Å². The maximum atomic E-state index is 6.20. The zero-order chi connectivity index (χ0) is 16.0. The molecule has 0 aliphatic carbocycles. The average Bonchev–Trinajstić information content (AvgIpc) is 3.09. The van der Waals surface area contributed by atoms with E-state index >= 15 is 0 Å². The van der Waals surface area contributed by atoms with E-state index in [1.54, 1.807) is 21.3 Å². The summed E-state index contributed by atoms with van der Waals surface area (Å²) in [5, 5.41) is 5.55. The van der Waals surface area contributed by atoms with Gasteiger partial charge in [-0.05, 0) is 18.3 Å².